The lowest BCUT2D eigenvalue weighted by atomic mass is 10.1. The fourth-order valence-electron chi connectivity index (χ4n) is 3.73. The molecular weight excluding hydrogens is 382 g/mol. The van der Waals surface area contributed by atoms with Crippen molar-refractivity contribution in [2.45, 2.75) is 36.4 Å². The van der Waals surface area contributed by atoms with Gasteiger partial charge in [0, 0.05) is 30.3 Å². The summed E-state index contributed by atoms with van der Waals surface area (Å²) < 4.78 is 6.65. The number of nitrogens with zero attached hydrogens (tertiary/aromatic N) is 2. The minimum Gasteiger partial charge on any atom is -0.396 e. The van der Waals surface area contributed by atoms with Crippen LogP contribution in [0.25, 0.3) is 11.0 Å². The summed E-state index contributed by atoms with van der Waals surface area (Å²) in [5, 5.41) is 9.06. The first-order valence-electron chi connectivity index (χ1n) is 10.3. The number of aliphatic hydroxyl groups excluding tert-OH is 1. The molecule has 1 aliphatic heterocycles. The van der Waals surface area contributed by atoms with Crippen molar-refractivity contribution in [2.24, 2.45) is 0 Å². The van der Waals surface area contributed by atoms with Gasteiger partial charge in [0.15, 0.2) is 0 Å². The number of imidazole rings is 1. The van der Waals surface area contributed by atoms with Gasteiger partial charge in [-0.05, 0) is 56.1 Å². The topological polar surface area (TPSA) is 61.4 Å². The zero-order chi connectivity index (χ0) is 20.1. The maximum absolute atomic E-state index is 9.06. The molecule has 2 N–H and O–H groups in total. The third kappa shape index (κ3) is 5.20. The van der Waals surface area contributed by atoms with Gasteiger partial charge in [-0.15, -0.1) is 11.8 Å². The second kappa shape index (κ2) is 9.76. The highest BCUT2D eigenvalue weighted by molar-refractivity contribution is 7.99. The molecule has 29 heavy (non-hydrogen) atoms. The van der Waals surface area contributed by atoms with Gasteiger partial charge in [0.1, 0.15) is 11.9 Å². The first-order valence-corrected chi connectivity index (χ1v) is 11.3. The molecule has 1 saturated heterocycles. The number of benzene rings is 2. The summed E-state index contributed by atoms with van der Waals surface area (Å²) in [4.78, 5) is 11.9. The molecule has 4 rings (SSSR count). The summed E-state index contributed by atoms with van der Waals surface area (Å²) in [7, 11) is 2.17. The number of likely N-dealkylation sites (tertiary alicyclic amines) is 1. The molecule has 0 saturated carbocycles. The highest BCUT2D eigenvalue weighted by atomic mass is 32.2. The van der Waals surface area contributed by atoms with Gasteiger partial charge in [-0.25, -0.2) is 4.98 Å². The van der Waals surface area contributed by atoms with E-state index in [-0.39, 0.29) is 18.8 Å². The van der Waals surface area contributed by atoms with Crippen molar-refractivity contribution in [1.82, 2.24) is 14.9 Å². The number of H-pyrrole nitrogens is 1. The van der Waals surface area contributed by atoms with E-state index in [4.69, 9.17) is 14.8 Å². The van der Waals surface area contributed by atoms with Crippen LogP contribution in [-0.4, -0.2) is 58.6 Å². The van der Waals surface area contributed by atoms with Crippen molar-refractivity contribution in [3.63, 3.8) is 0 Å². The van der Waals surface area contributed by atoms with Gasteiger partial charge in [-0.1, -0.05) is 24.3 Å². The number of fused-ring (bicyclic) bond motifs is 1. The zero-order valence-corrected chi connectivity index (χ0v) is 17.7. The summed E-state index contributed by atoms with van der Waals surface area (Å²) in [6.07, 6.45) is 2.90. The van der Waals surface area contributed by atoms with Crippen LogP contribution in [0.1, 0.15) is 36.8 Å². The standard InChI is InChI=1S/C23H29N3O2S/c1-26-12-10-18(11-13-26)28-22(23-24-20-8-2-3-9-21(20)25-23)17-6-4-7-19(16-17)29-15-5-14-27/h2-4,6-9,16,18,22,27H,5,10-15H2,1H3,(H,24,25). The van der Waals surface area contributed by atoms with Crippen LogP contribution in [0, 0.1) is 0 Å². The molecule has 0 amide bonds. The summed E-state index contributed by atoms with van der Waals surface area (Å²) in [5.74, 6) is 1.77. The minimum atomic E-state index is -0.214. The summed E-state index contributed by atoms with van der Waals surface area (Å²) >= 11 is 1.77. The highest BCUT2D eigenvalue weighted by Gasteiger charge is 2.26. The second-order valence-corrected chi connectivity index (χ2v) is 8.82. The number of hydrogen-bond acceptors (Lipinski definition) is 5. The molecule has 1 fully saturated rings. The van der Waals surface area contributed by atoms with Gasteiger partial charge in [0.25, 0.3) is 0 Å². The molecule has 0 radical (unpaired) electrons. The fraction of sp³-hybridized carbons (Fsp3) is 0.435. The first-order chi connectivity index (χ1) is 14.2. The van der Waals surface area contributed by atoms with Crippen LogP contribution in [0.2, 0.25) is 0 Å². The molecule has 1 atom stereocenters. The average Bonchev–Trinajstić information content (AvgIpc) is 3.17. The van der Waals surface area contributed by atoms with E-state index >= 15 is 0 Å². The molecule has 6 heteroatoms. The van der Waals surface area contributed by atoms with Crippen molar-refractivity contribution in [2.75, 3.05) is 32.5 Å². The lowest BCUT2D eigenvalue weighted by molar-refractivity contribution is -0.0264. The van der Waals surface area contributed by atoms with Crippen LogP contribution in [0.3, 0.4) is 0 Å². The molecule has 0 bridgehead atoms. The molecule has 0 aliphatic carbocycles. The third-order valence-electron chi connectivity index (χ3n) is 5.38. The van der Waals surface area contributed by atoms with E-state index in [9.17, 15) is 0 Å². The molecule has 2 heterocycles. The van der Waals surface area contributed by atoms with E-state index in [1.165, 1.54) is 4.90 Å². The lowest BCUT2D eigenvalue weighted by Gasteiger charge is -2.31. The van der Waals surface area contributed by atoms with Crippen molar-refractivity contribution in [3.8, 4) is 0 Å². The monoisotopic (exact) mass is 411 g/mol. The Hall–Kier alpha value is -1.86. The predicted molar refractivity (Wildman–Crippen MR) is 118 cm³/mol. The summed E-state index contributed by atoms with van der Waals surface area (Å²) in [5.41, 5.74) is 3.12. The van der Waals surface area contributed by atoms with Crippen molar-refractivity contribution in [3.05, 3.63) is 59.9 Å². The van der Waals surface area contributed by atoms with Crippen LogP contribution >= 0.6 is 11.8 Å². The smallest absolute Gasteiger partial charge is 0.141 e. The molecular formula is C23H29N3O2S. The number of para-hydroxylation sites is 2. The van der Waals surface area contributed by atoms with Crippen LogP contribution in [-0.2, 0) is 4.74 Å². The van der Waals surface area contributed by atoms with Crippen LogP contribution < -0.4 is 0 Å². The van der Waals surface area contributed by atoms with Crippen molar-refractivity contribution in [1.29, 1.82) is 0 Å². The lowest BCUT2D eigenvalue weighted by Crippen LogP contribution is -2.35. The molecule has 2 aromatic carbocycles. The molecule has 154 valence electrons. The molecule has 1 aromatic heterocycles. The largest absolute Gasteiger partial charge is 0.396 e. The zero-order valence-electron chi connectivity index (χ0n) is 16.9. The SMILES string of the molecule is CN1CCC(OC(c2cccc(SCCCO)c2)c2nc3ccccc3[nH]2)CC1. The Morgan fingerprint density at radius 2 is 2.03 bits per heavy atom. The van der Waals surface area contributed by atoms with Crippen molar-refractivity contribution < 1.29 is 9.84 Å². The van der Waals surface area contributed by atoms with E-state index in [2.05, 4.69) is 47.3 Å². The van der Waals surface area contributed by atoms with Gasteiger partial charge in [0.2, 0.25) is 0 Å². The van der Waals surface area contributed by atoms with Gasteiger partial charge >= 0.3 is 0 Å². The van der Waals surface area contributed by atoms with Crippen LogP contribution in [0.5, 0.6) is 0 Å². The van der Waals surface area contributed by atoms with Crippen molar-refractivity contribution >= 4 is 22.8 Å². The molecule has 1 aliphatic rings. The van der Waals surface area contributed by atoms with E-state index in [1.807, 2.05) is 18.2 Å². The Bertz CT molecular complexity index is 888. The van der Waals surface area contributed by atoms with E-state index in [0.717, 1.165) is 60.5 Å². The minimum absolute atomic E-state index is 0.214. The average molecular weight is 412 g/mol. The number of piperidine rings is 1. The predicted octanol–water partition coefficient (Wildman–Crippen LogP) is 4.24. The highest BCUT2D eigenvalue weighted by Crippen LogP contribution is 2.32. The van der Waals surface area contributed by atoms with E-state index in [0.29, 0.717) is 0 Å². The second-order valence-electron chi connectivity index (χ2n) is 7.66. The number of thioether (sulfide) groups is 1. The van der Waals surface area contributed by atoms with Gasteiger partial charge in [-0.3, -0.25) is 0 Å². The number of aromatic amines is 1. The number of ether oxygens (including phenoxy) is 1. The van der Waals surface area contributed by atoms with Gasteiger partial charge in [-0.2, -0.15) is 0 Å². The molecule has 1 unspecified atom stereocenters. The maximum atomic E-state index is 9.06. The normalized spacial score (nSPS) is 17.0. The number of nitrogens with one attached hydrogen (secondary N) is 1. The molecule has 3 aromatic rings. The number of aromatic nitrogens is 2. The van der Waals surface area contributed by atoms with Crippen LogP contribution in [0.15, 0.2) is 53.4 Å². The maximum Gasteiger partial charge on any atom is 0.141 e. The summed E-state index contributed by atoms with van der Waals surface area (Å²) in [6.45, 7) is 2.36. The third-order valence-corrected chi connectivity index (χ3v) is 6.46. The first kappa shape index (κ1) is 20.4. The Balaban J connectivity index is 1.61. The number of hydrogen-bond donors (Lipinski definition) is 2. The van der Waals surface area contributed by atoms with Gasteiger partial charge < -0.3 is 19.7 Å². The Labute approximate surface area is 176 Å². The van der Waals surface area contributed by atoms with Crippen LogP contribution in [0.4, 0.5) is 0 Å². The van der Waals surface area contributed by atoms with E-state index < -0.39 is 0 Å². The van der Waals surface area contributed by atoms with E-state index in [1.54, 1.807) is 11.8 Å². The summed E-state index contributed by atoms with van der Waals surface area (Å²) in [6, 6.07) is 16.7. The number of rotatable bonds is 8. The quantitative estimate of drug-likeness (QED) is 0.429. The van der Waals surface area contributed by atoms with Gasteiger partial charge in [0.05, 0.1) is 17.1 Å². The number of aliphatic hydroxyl groups is 1. The Morgan fingerprint density at radius 3 is 2.83 bits per heavy atom. The Kier molecular flexibility index (Phi) is 6.87. The Morgan fingerprint density at radius 1 is 1.21 bits per heavy atom. The fourth-order valence-corrected chi connectivity index (χ4v) is 4.64. The molecule has 0 spiro atoms. The molecule has 5 nitrogen and oxygen atoms in total.